The topological polar surface area (TPSA) is 45.2 Å². The summed E-state index contributed by atoms with van der Waals surface area (Å²) in [7, 11) is 0. The van der Waals surface area contributed by atoms with Crippen molar-refractivity contribution in [3.63, 3.8) is 0 Å². The molecule has 0 spiro atoms. The van der Waals surface area contributed by atoms with Crippen LogP contribution < -0.4 is 5.32 Å². The van der Waals surface area contributed by atoms with Gasteiger partial charge in [0.15, 0.2) is 0 Å². The minimum Gasteiger partial charge on any atom is -0.385 e. The standard InChI is InChI=1S/C16H18N2O/c19-16(8-12-4-5-13(9-16)18-12)15-3-1-2-11-6-7-17-10-14(11)15/h1-3,6-7,10,12-13,18-19H,4-5,8-9H2. The smallest absolute Gasteiger partial charge is 0.0932 e. The monoisotopic (exact) mass is 254 g/mol. The molecule has 2 aliphatic heterocycles. The molecule has 0 radical (unpaired) electrons. The number of aromatic nitrogens is 1. The second kappa shape index (κ2) is 4.02. The van der Waals surface area contributed by atoms with Crippen molar-refractivity contribution >= 4 is 10.8 Å². The molecule has 19 heavy (non-hydrogen) atoms. The molecule has 2 saturated heterocycles. The lowest BCUT2D eigenvalue weighted by molar-refractivity contribution is -0.0101. The number of nitrogens with zero attached hydrogens (tertiary/aromatic N) is 1. The molecule has 0 saturated carbocycles. The molecule has 3 heteroatoms. The number of aliphatic hydroxyl groups is 1. The minimum atomic E-state index is -0.695. The molecule has 2 aromatic rings. The van der Waals surface area contributed by atoms with Gasteiger partial charge in [0.2, 0.25) is 0 Å². The van der Waals surface area contributed by atoms with Crippen molar-refractivity contribution in [2.24, 2.45) is 0 Å². The number of benzene rings is 1. The average Bonchev–Trinajstić information content (AvgIpc) is 2.78. The lowest BCUT2D eigenvalue weighted by Crippen LogP contribution is -2.46. The molecular weight excluding hydrogens is 236 g/mol. The van der Waals surface area contributed by atoms with E-state index in [2.05, 4.69) is 22.4 Å². The van der Waals surface area contributed by atoms with Crippen molar-refractivity contribution in [2.75, 3.05) is 0 Å². The van der Waals surface area contributed by atoms with Gasteiger partial charge in [-0.2, -0.15) is 0 Å². The zero-order valence-electron chi connectivity index (χ0n) is 10.8. The van der Waals surface area contributed by atoms with E-state index in [0.29, 0.717) is 12.1 Å². The number of hydrogen-bond donors (Lipinski definition) is 2. The zero-order chi connectivity index (χ0) is 12.9. The van der Waals surface area contributed by atoms with Gasteiger partial charge in [0.25, 0.3) is 0 Å². The third kappa shape index (κ3) is 1.77. The lowest BCUT2D eigenvalue weighted by atomic mass is 9.80. The van der Waals surface area contributed by atoms with E-state index in [4.69, 9.17) is 0 Å². The molecule has 2 aliphatic rings. The van der Waals surface area contributed by atoms with Crippen LogP contribution in [0.2, 0.25) is 0 Å². The van der Waals surface area contributed by atoms with E-state index in [0.717, 1.165) is 29.2 Å². The highest BCUT2D eigenvalue weighted by Crippen LogP contribution is 2.42. The van der Waals surface area contributed by atoms with Crippen molar-refractivity contribution < 1.29 is 5.11 Å². The highest BCUT2D eigenvalue weighted by molar-refractivity contribution is 5.85. The van der Waals surface area contributed by atoms with Gasteiger partial charge in [0.1, 0.15) is 0 Å². The van der Waals surface area contributed by atoms with Crippen LogP contribution in [0.3, 0.4) is 0 Å². The minimum absolute atomic E-state index is 0.468. The second-order valence-corrected chi connectivity index (χ2v) is 5.98. The molecular formula is C16H18N2O. The molecule has 4 rings (SSSR count). The molecule has 3 heterocycles. The summed E-state index contributed by atoms with van der Waals surface area (Å²) >= 11 is 0. The molecule has 2 unspecified atom stereocenters. The molecule has 1 aromatic carbocycles. The van der Waals surface area contributed by atoms with Gasteiger partial charge in [0, 0.05) is 29.9 Å². The third-order valence-corrected chi connectivity index (χ3v) is 4.69. The van der Waals surface area contributed by atoms with Gasteiger partial charge < -0.3 is 10.4 Å². The Morgan fingerprint density at radius 1 is 1.16 bits per heavy atom. The fourth-order valence-electron chi connectivity index (χ4n) is 3.86. The van der Waals surface area contributed by atoms with Crippen LogP contribution in [0, 0.1) is 0 Å². The Morgan fingerprint density at radius 3 is 2.74 bits per heavy atom. The van der Waals surface area contributed by atoms with Crippen LogP contribution in [0.25, 0.3) is 10.8 Å². The van der Waals surface area contributed by atoms with Gasteiger partial charge in [-0.15, -0.1) is 0 Å². The van der Waals surface area contributed by atoms with E-state index in [-0.39, 0.29) is 0 Å². The molecule has 98 valence electrons. The van der Waals surface area contributed by atoms with Crippen LogP contribution in [0.5, 0.6) is 0 Å². The first-order valence-electron chi connectivity index (χ1n) is 7.06. The summed E-state index contributed by atoms with van der Waals surface area (Å²) in [5.41, 5.74) is 0.358. The van der Waals surface area contributed by atoms with E-state index in [1.165, 1.54) is 12.8 Å². The predicted molar refractivity (Wildman–Crippen MR) is 74.8 cm³/mol. The summed E-state index contributed by atoms with van der Waals surface area (Å²) in [5, 5.41) is 17.0. The Labute approximate surface area is 112 Å². The first-order chi connectivity index (χ1) is 9.24. The molecule has 0 aliphatic carbocycles. The summed E-state index contributed by atoms with van der Waals surface area (Å²) < 4.78 is 0. The maximum atomic E-state index is 11.2. The number of nitrogens with one attached hydrogen (secondary N) is 1. The number of rotatable bonds is 1. The van der Waals surface area contributed by atoms with Gasteiger partial charge in [-0.05, 0) is 42.7 Å². The lowest BCUT2D eigenvalue weighted by Gasteiger charge is -2.38. The number of pyridine rings is 1. The van der Waals surface area contributed by atoms with Crippen molar-refractivity contribution in [1.82, 2.24) is 10.3 Å². The number of hydrogen-bond acceptors (Lipinski definition) is 3. The fourth-order valence-corrected chi connectivity index (χ4v) is 3.86. The van der Waals surface area contributed by atoms with E-state index in [1.54, 1.807) is 0 Å². The van der Waals surface area contributed by atoms with Crippen molar-refractivity contribution in [3.05, 3.63) is 42.2 Å². The predicted octanol–water partition coefficient (Wildman–Crippen LogP) is 2.34. The van der Waals surface area contributed by atoms with E-state index in [9.17, 15) is 5.11 Å². The van der Waals surface area contributed by atoms with E-state index >= 15 is 0 Å². The molecule has 1 aromatic heterocycles. The molecule has 0 amide bonds. The van der Waals surface area contributed by atoms with Crippen LogP contribution in [0.15, 0.2) is 36.7 Å². The Kier molecular flexibility index (Phi) is 2.41. The Hall–Kier alpha value is -1.45. The van der Waals surface area contributed by atoms with Crippen molar-refractivity contribution in [1.29, 1.82) is 0 Å². The largest absolute Gasteiger partial charge is 0.385 e. The molecule has 2 bridgehead atoms. The molecule has 2 atom stereocenters. The maximum absolute atomic E-state index is 11.2. The first kappa shape index (κ1) is 11.4. The van der Waals surface area contributed by atoms with E-state index < -0.39 is 5.60 Å². The second-order valence-electron chi connectivity index (χ2n) is 5.98. The highest BCUT2D eigenvalue weighted by atomic mass is 16.3. The quantitative estimate of drug-likeness (QED) is 0.821. The third-order valence-electron chi connectivity index (χ3n) is 4.69. The van der Waals surface area contributed by atoms with Gasteiger partial charge >= 0.3 is 0 Å². The fraction of sp³-hybridized carbons (Fsp3) is 0.438. The summed E-state index contributed by atoms with van der Waals surface area (Å²) in [4.78, 5) is 4.23. The Morgan fingerprint density at radius 2 is 1.95 bits per heavy atom. The summed E-state index contributed by atoms with van der Waals surface area (Å²) in [6.07, 6.45) is 7.70. The van der Waals surface area contributed by atoms with Crippen LogP contribution in [-0.4, -0.2) is 22.2 Å². The molecule has 2 fully saturated rings. The Balaban J connectivity index is 1.85. The summed E-state index contributed by atoms with van der Waals surface area (Å²) in [5.74, 6) is 0. The number of fused-ring (bicyclic) bond motifs is 3. The van der Waals surface area contributed by atoms with Gasteiger partial charge in [0.05, 0.1) is 5.60 Å². The van der Waals surface area contributed by atoms with Gasteiger partial charge in [-0.1, -0.05) is 18.2 Å². The van der Waals surface area contributed by atoms with Crippen molar-refractivity contribution in [3.8, 4) is 0 Å². The molecule has 3 nitrogen and oxygen atoms in total. The Bertz CT molecular complexity index is 608. The van der Waals surface area contributed by atoms with Crippen LogP contribution >= 0.6 is 0 Å². The summed E-state index contributed by atoms with van der Waals surface area (Å²) in [6, 6.07) is 9.14. The average molecular weight is 254 g/mol. The maximum Gasteiger partial charge on any atom is 0.0932 e. The molecule has 2 N–H and O–H groups in total. The summed E-state index contributed by atoms with van der Waals surface area (Å²) in [6.45, 7) is 0. The van der Waals surface area contributed by atoms with Crippen LogP contribution in [0.4, 0.5) is 0 Å². The van der Waals surface area contributed by atoms with Crippen LogP contribution in [0.1, 0.15) is 31.2 Å². The van der Waals surface area contributed by atoms with Gasteiger partial charge in [-0.3, -0.25) is 4.98 Å². The SMILES string of the molecule is OC1(c2cccc3ccncc23)CC2CCC(C1)N2. The highest BCUT2D eigenvalue weighted by Gasteiger charge is 2.43. The van der Waals surface area contributed by atoms with Crippen LogP contribution in [-0.2, 0) is 5.60 Å². The van der Waals surface area contributed by atoms with E-state index in [1.807, 2.05) is 24.5 Å². The number of piperidine rings is 1. The van der Waals surface area contributed by atoms with Crippen molar-refractivity contribution in [2.45, 2.75) is 43.4 Å². The van der Waals surface area contributed by atoms with Gasteiger partial charge in [-0.25, -0.2) is 0 Å². The zero-order valence-corrected chi connectivity index (χ0v) is 10.8. The normalized spacial score (nSPS) is 33.7. The first-order valence-corrected chi connectivity index (χ1v) is 7.06.